The highest BCUT2D eigenvalue weighted by Gasteiger charge is 2.14. The lowest BCUT2D eigenvalue weighted by atomic mass is 10.1. The molecule has 0 saturated heterocycles. The molecule has 0 fully saturated rings. The van der Waals surface area contributed by atoms with E-state index in [1.165, 1.54) is 19.2 Å². The molecule has 21 heavy (non-hydrogen) atoms. The van der Waals surface area contributed by atoms with E-state index in [4.69, 9.17) is 27.9 Å². The van der Waals surface area contributed by atoms with Crippen molar-refractivity contribution in [2.45, 2.75) is 13.8 Å². The lowest BCUT2D eigenvalue weighted by Gasteiger charge is -2.12. The van der Waals surface area contributed by atoms with Crippen LogP contribution in [0.1, 0.15) is 21.5 Å². The van der Waals surface area contributed by atoms with E-state index in [1.54, 1.807) is 0 Å². The van der Waals surface area contributed by atoms with Crippen LogP contribution in [0.5, 0.6) is 5.75 Å². The zero-order valence-corrected chi connectivity index (χ0v) is 13.5. The molecular weight excluding hydrogens is 309 g/mol. The lowest BCUT2D eigenvalue weighted by Crippen LogP contribution is -2.13. The van der Waals surface area contributed by atoms with Crippen LogP contribution in [0.25, 0.3) is 0 Å². The second kappa shape index (κ2) is 6.37. The fourth-order valence-corrected chi connectivity index (χ4v) is 2.61. The van der Waals surface area contributed by atoms with E-state index in [0.29, 0.717) is 21.4 Å². The van der Waals surface area contributed by atoms with Gasteiger partial charge in [-0.05, 0) is 43.2 Å². The summed E-state index contributed by atoms with van der Waals surface area (Å²) in [6.07, 6.45) is 0. The van der Waals surface area contributed by atoms with Crippen LogP contribution < -0.4 is 10.1 Å². The number of halogens is 2. The van der Waals surface area contributed by atoms with E-state index in [0.717, 1.165) is 16.8 Å². The second-order valence-corrected chi connectivity index (χ2v) is 5.49. The van der Waals surface area contributed by atoms with Crippen molar-refractivity contribution in [1.82, 2.24) is 0 Å². The fraction of sp³-hybridized carbons (Fsp3) is 0.188. The maximum Gasteiger partial charge on any atom is 0.255 e. The van der Waals surface area contributed by atoms with Gasteiger partial charge in [-0.25, -0.2) is 0 Å². The third-order valence-corrected chi connectivity index (χ3v) is 3.88. The third-order valence-electron chi connectivity index (χ3n) is 3.32. The van der Waals surface area contributed by atoms with Crippen LogP contribution in [0.15, 0.2) is 30.3 Å². The summed E-state index contributed by atoms with van der Waals surface area (Å²) < 4.78 is 5.07. The van der Waals surface area contributed by atoms with Gasteiger partial charge in [0, 0.05) is 11.3 Å². The van der Waals surface area contributed by atoms with Crippen LogP contribution in [-0.2, 0) is 0 Å². The van der Waals surface area contributed by atoms with Gasteiger partial charge in [-0.3, -0.25) is 4.79 Å². The van der Waals surface area contributed by atoms with Gasteiger partial charge < -0.3 is 10.1 Å². The molecule has 0 aliphatic heterocycles. The minimum absolute atomic E-state index is 0.268. The van der Waals surface area contributed by atoms with Gasteiger partial charge >= 0.3 is 0 Å². The number of benzene rings is 2. The number of anilines is 1. The first-order chi connectivity index (χ1) is 9.93. The first kappa shape index (κ1) is 15.7. The average molecular weight is 324 g/mol. The summed E-state index contributed by atoms with van der Waals surface area (Å²) in [7, 11) is 1.48. The third kappa shape index (κ3) is 3.31. The van der Waals surface area contributed by atoms with Crippen molar-refractivity contribution in [3.8, 4) is 5.75 Å². The largest absolute Gasteiger partial charge is 0.494 e. The summed E-state index contributed by atoms with van der Waals surface area (Å²) in [6.45, 7) is 3.95. The summed E-state index contributed by atoms with van der Waals surface area (Å²) >= 11 is 12.1. The summed E-state index contributed by atoms with van der Waals surface area (Å²) in [5, 5.41) is 3.47. The summed E-state index contributed by atoms with van der Waals surface area (Å²) in [4.78, 5) is 12.3. The minimum atomic E-state index is -0.268. The van der Waals surface area contributed by atoms with Crippen molar-refractivity contribution in [2.75, 3.05) is 12.4 Å². The molecule has 0 aromatic heterocycles. The van der Waals surface area contributed by atoms with Crippen molar-refractivity contribution in [2.24, 2.45) is 0 Å². The zero-order valence-electron chi connectivity index (χ0n) is 12.0. The van der Waals surface area contributed by atoms with Gasteiger partial charge in [-0.2, -0.15) is 0 Å². The summed E-state index contributed by atoms with van der Waals surface area (Å²) in [5.74, 6) is 0.0942. The minimum Gasteiger partial charge on any atom is -0.494 e. The SMILES string of the molecule is COc1c(Cl)cc(C(=O)Nc2cccc(C)c2C)cc1Cl. The number of carbonyl (C=O) groups excluding carboxylic acids is 1. The molecule has 2 aromatic rings. The van der Waals surface area contributed by atoms with Gasteiger partial charge in [-0.1, -0.05) is 35.3 Å². The molecule has 1 N–H and O–H groups in total. The van der Waals surface area contributed by atoms with Gasteiger partial charge in [-0.15, -0.1) is 0 Å². The summed E-state index contributed by atoms with van der Waals surface area (Å²) in [6, 6.07) is 8.81. The maximum absolute atomic E-state index is 12.3. The van der Waals surface area contributed by atoms with E-state index in [-0.39, 0.29) is 5.91 Å². The zero-order chi connectivity index (χ0) is 15.6. The molecule has 0 unspecified atom stereocenters. The van der Waals surface area contributed by atoms with Crippen LogP contribution in [0, 0.1) is 13.8 Å². The Morgan fingerprint density at radius 3 is 2.33 bits per heavy atom. The van der Waals surface area contributed by atoms with Crippen LogP contribution in [0.3, 0.4) is 0 Å². The summed E-state index contributed by atoms with van der Waals surface area (Å²) in [5.41, 5.74) is 3.28. The molecular formula is C16H15Cl2NO2. The highest BCUT2D eigenvalue weighted by Crippen LogP contribution is 2.34. The number of hydrogen-bond donors (Lipinski definition) is 1. The molecule has 3 nitrogen and oxygen atoms in total. The molecule has 5 heteroatoms. The lowest BCUT2D eigenvalue weighted by molar-refractivity contribution is 0.102. The quantitative estimate of drug-likeness (QED) is 0.874. The molecule has 110 valence electrons. The normalized spacial score (nSPS) is 10.3. The van der Waals surface area contributed by atoms with Crippen LogP contribution >= 0.6 is 23.2 Å². The number of hydrogen-bond acceptors (Lipinski definition) is 2. The Bertz CT molecular complexity index is 676. The number of nitrogens with one attached hydrogen (secondary N) is 1. The topological polar surface area (TPSA) is 38.3 Å². The number of rotatable bonds is 3. The maximum atomic E-state index is 12.3. The van der Waals surface area contributed by atoms with E-state index in [9.17, 15) is 4.79 Å². The highest BCUT2D eigenvalue weighted by atomic mass is 35.5. The number of carbonyl (C=O) groups is 1. The first-order valence-electron chi connectivity index (χ1n) is 6.34. The van der Waals surface area contributed by atoms with E-state index < -0.39 is 0 Å². The standard InChI is InChI=1S/C16H15Cl2NO2/c1-9-5-4-6-14(10(9)2)19-16(20)11-7-12(17)15(21-3)13(18)8-11/h4-8H,1-3H3,(H,19,20). The van der Waals surface area contributed by atoms with Gasteiger partial charge in [0.25, 0.3) is 5.91 Å². The molecule has 0 aliphatic rings. The van der Waals surface area contributed by atoms with Gasteiger partial charge in [0.15, 0.2) is 5.75 Å². The molecule has 1 amide bonds. The first-order valence-corrected chi connectivity index (χ1v) is 7.10. The molecule has 0 radical (unpaired) electrons. The van der Waals surface area contributed by atoms with E-state index in [1.807, 2.05) is 32.0 Å². The number of ether oxygens (including phenoxy) is 1. The molecule has 2 aromatic carbocycles. The Morgan fingerprint density at radius 1 is 1.14 bits per heavy atom. The molecule has 0 atom stereocenters. The van der Waals surface area contributed by atoms with E-state index >= 15 is 0 Å². The van der Waals surface area contributed by atoms with Crippen molar-refractivity contribution < 1.29 is 9.53 Å². The second-order valence-electron chi connectivity index (χ2n) is 4.67. The van der Waals surface area contributed by atoms with Crippen LogP contribution in [0.4, 0.5) is 5.69 Å². The number of amides is 1. The Kier molecular flexibility index (Phi) is 4.76. The Balaban J connectivity index is 2.31. The Labute approximate surface area is 133 Å². The number of methoxy groups -OCH3 is 1. The average Bonchev–Trinajstić information content (AvgIpc) is 2.43. The predicted molar refractivity (Wildman–Crippen MR) is 86.9 cm³/mol. The van der Waals surface area contributed by atoms with Crippen LogP contribution in [0.2, 0.25) is 10.0 Å². The van der Waals surface area contributed by atoms with Gasteiger partial charge in [0.2, 0.25) is 0 Å². The monoisotopic (exact) mass is 323 g/mol. The van der Waals surface area contributed by atoms with Crippen molar-refractivity contribution >= 4 is 34.8 Å². The van der Waals surface area contributed by atoms with Gasteiger partial charge in [0.1, 0.15) is 0 Å². The molecule has 0 saturated carbocycles. The van der Waals surface area contributed by atoms with E-state index in [2.05, 4.69) is 5.32 Å². The number of aryl methyl sites for hydroxylation is 1. The van der Waals surface area contributed by atoms with Crippen LogP contribution in [-0.4, -0.2) is 13.0 Å². The molecule has 2 rings (SSSR count). The van der Waals surface area contributed by atoms with Gasteiger partial charge in [0.05, 0.1) is 17.2 Å². The predicted octanol–water partition coefficient (Wildman–Crippen LogP) is 4.87. The molecule has 0 spiro atoms. The Hall–Kier alpha value is -1.71. The Morgan fingerprint density at radius 2 is 1.76 bits per heavy atom. The van der Waals surface area contributed by atoms with Crippen molar-refractivity contribution in [3.63, 3.8) is 0 Å². The molecule has 0 aliphatic carbocycles. The van der Waals surface area contributed by atoms with Crippen molar-refractivity contribution in [3.05, 3.63) is 57.1 Å². The molecule has 0 bridgehead atoms. The smallest absolute Gasteiger partial charge is 0.255 e. The molecule has 0 heterocycles. The fourth-order valence-electron chi connectivity index (χ4n) is 1.97. The highest BCUT2D eigenvalue weighted by molar-refractivity contribution is 6.37. The van der Waals surface area contributed by atoms with Crippen molar-refractivity contribution in [1.29, 1.82) is 0 Å².